The van der Waals surface area contributed by atoms with Crippen molar-refractivity contribution in [1.82, 2.24) is 10.6 Å². The standard InChI is InChI=1S/C14H20N2O2S/c17-14(16-8-11-9-18-6-5-15-11)13-7-10-3-1-2-4-12(10)19-13/h7,11,15H,1-6,8-9H2,(H,16,17). The second-order valence-electron chi connectivity index (χ2n) is 5.20. The van der Waals surface area contributed by atoms with Crippen LogP contribution in [0.3, 0.4) is 0 Å². The topological polar surface area (TPSA) is 50.4 Å². The van der Waals surface area contributed by atoms with Crippen molar-refractivity contribution in [2.24, 2.45) is 0 Å². The molecule has 1 aromatic heterocycles. The van der Waals surface area contributed by atoms with Crippen LogP contribution in [0.1, 0.15) is 33.0 Å². The average molecular weight is 280 g/mol. The van der Waals surface area contributed by atoms with Crippen LogP contribution in [-0.2, 0) is 17.6 Å². The molecule has 0 aromatic carbocycles. The van der Waals surface area contributed by atoms with Crippen molar-refractivity contribution in [2.45, 2.75) is 31.7 Å². The van der Waals surface area contributed by atoms with E-state index in [1.54, 1.807) is 11.3 Å². The lowest BCUT2D eigenvalue weighted by Crippen LogP contribution is -2.48. The molecule has 0 spiro atoms. The minimum atomic E-state index is 0.0618. The van der Waals surface area contributed by atoms with Gasteiger partial charge in [0.2, 0.25) is 0 Å². The highest BCUT2D eigenvalue weighted by Gasteiger charge is 2.18. The molecule has 1 aliphatic heterocycles. The summed E-state index contributed by atoms with van der Waals surface area (Å²) in [6, 6.07) is 2.33. The molecular weight excluding hydrogens is 260 g/mol. The Morgan fingerprint density at radius 1 is 1.47 bits per heavy atom. The Morgan fingerprint density at radius 3 is 3.16 bits per heavy atom. The quantitative estimate of drug-likeness (QED) is 0.878. The zero-order valence-corrected chi connectivity index (χ0v) is 11.9. The van der Waals surface area contributed by atoms with E-state index in [1.165, 1.54) is 23.3 Å². The fourth-order valence-electron chi connectivity index (χ4n) is 2.66. The Labute approximate surface area is 117 Å². The van der Waals surface area contributed by atoms with Gasteiger partial charge in [0, 0.05) is 24.0 Å². The molecule has 4 nitrogen and oxygen atoms in total. The first-order valence-electron chi connectivity index (χ1n) is 7.04. The van der Waals surface area contributed by atoms with Crippen molar-refractivity contribution in [2.75, 3.05) is 26.3 Å². The van der Waals surface area contributed by atoms with Crippen LogP contribution in [0.25, 0.3) is 0 Å². The minimum absolute atomic E-state index is 0.0618. The van der Waals surface area contributed by atoms with Gasteiger partial charge < -0.3 is 15.4 Å². The second-order valence-corrected chi connectivity index (χ2v) is 6.34. The number of nitrogens with one attached hydrogen (secondary N) is 2. The van der Waals surface area contributed by atoms with Gasteiger partial charge in [-0.15, -0.1) is 11.3 Å². The third-order valence-electron chi connectivity index (χ3n) is 3.73. The lowest BCUT2D eigenvalue weighted by molar-refractivity contribution is 0.0735. The summed E-state index contributed by atoms with van der Waals surface area (Å²) in [6.45, 7) is 2.96. The van der Waals surface area contributed by atoms with E-state index in [0.29, 0.717) is 13.2 Å². The van der Waals surface area contributed by atoms with E-state index in [0.717, 1.165) is 30.9 Å². The highest BCUT2D eigenvalue weighted by Crippen LogP contribution is 2.29. The van der Waals surface area contributed by atoms with Crippen molar-refractivity contribution in [3.05, 3.63) is 21.4 Å². The van der Waals surface area contributed by atoms with Gasteiger partial charge in [-0.2, -0.15) is 0 Å². The fraction of sp³-hybridized carbons (Fsp3) is 0.643. The first-order chi connectivity index (χ1) is 9.33. The van der Waals surface area contributed by atoms with E-state index >= 15 is 0 Å². The Morgan fingerprint density at radius 2 is 2.37 bits per heavy atom. The smallest absolute Gasteiger partial charge is 0.261 e. The van der Waals surface area contributed by atoms with Gasteiger partial charge in [-0.1, -0.05) is 0 Å². The molecule has 1 aromatic rings. The average Bonchev–Trinajstić information content (AvgIpc) is 2.90. The monoisotopic (exact) mass is 280 g/mol. The summed E-state index contributed by atoms with van der Waals surface area (Å²) < 4.78 is 5.38. The predicted molar refractivity (Wildman–Crippen MR) is 75.9 cm³/mol. The molecule has 1 fully saturated rings. The normalized spacial score (nSPS) is 22.8. The summed E-state index contributed by atoms with van der Waals surface area (Å²) in [6.07, 6.45) is 4.80. The Hall–Kier alpha value is -0.910. The summed E-state index contributed by atoms with van der Waals surface area (Å²) in [5.41, 5.74) is 1.39. The van der Waals surface area contributed by atoms with Crippen LogP contribution in [0.2, 0.25) is 0 Å². The highest BCUT2D eigenvalue weighted by molar-refractivity contribution is 7.14. The molecule has 0 radical (unpaired) electrons. The van der Waals surface area contributed by atoms with Crippen LogP contribution in [0.4, 0.5) is 0 Å². The number of fused-ring (bicyclic) bond motifs is 1. The molecule has 1 unspecified atom stereocenters. The molecule has 1 atom stereocenters. The number of hydrogen-bond donors (Lipinski definition) is 2. The maximum Gasteiger partial charge on any atom is 0.261 e. The van der Waals surface area contributed by atoms with E-state index < -0.39 is 0 Å². The van der Waals surface area contributed by atoms with E-state index in [4.69, 9.17) is 4.74 Å². The van der Waals surface area contributed by atoms with Gasteiger partial charge in [0.25, 0.3) is 5.91 Å². The predicted octanol–water partition coefficient (Wildman–Crippen LogP) is 1.35. The highest BCUT2D eigenvalue weighted by atomic mass is 32.1. The molecule has 0 bridgehead atoms. The molecular formula is C14H20N2O2S. The summed E-state index contributed by atoms with van der Waals surface area (Å²) in [5.74, 6) is 0.0618. The molecule has 5 heteroatoms. The third-order valence-corrected chi connectivity index (χ3v) is 4.96. The zero-order chi connectivity index (χ0) is 13.1. The first kappa shape index (κ1) is 13.1. The second kappa shape index (κ2) is 6.03. The van der Waals surface area contributed by atoms with Crippen LogP contribution in [0.5, 0.6) is 0 Å². The van der Waals surface area contributed by atoms with Crippen LogP contribution < -0.4 is 10.6 Å². The van der Waals surface area contributed by atoms with Gasteiger partial charge in [0.15, 0.2) is 0 Å². The number of carbonyl (C=O) groups is 1. The molecule has 1 saturated heterocycles. The molecule has 19 heavy (non-hydrogen) atoms. The number of amides is 1. The molecule has 2 heterocycles. The number of hydrogen-bond acceptors (Lipinski definition) is 4. The summed E-state index contributed by atoms with van der Waals surface area (Å²) in [5, 5.41) is 6.35. The van der Waals surface area contributed by atoms with E-state index in [9.17, 15) is 4.79 Å². The number of thiophene rings is 1. The van der Waals surface area contributed by atoms with Gasteiger partial charge in [0.05, 0.1) is 18.1 Å². The molecule has 1 amide bonds. The van der Waals surface area contributed by atoms with E-state index in [1.807, 2.05) is 0 Å². The molecule has 3 rings (SSSR count). The number of aryl methyl sites for hydroxylation is 2. The fourth-order valence-corrected chi connectivity index (χ4v) is 3.83. The molecule has 1 aliphatic carbocycles. The third kappa shape index (κ3) is 3.16. The molecule has 2 N–H and O–H groups in total. The van der Waals surface area contributed by atoms with Gasteiger partial charge >= 0.3 is 0 Å². The van der Waals surface area contributed by atoms with E-state index in [2.05, 4.69) is 16.7 Å². The van der Waals surface area contributed by atoms with Crippen molar-refractivity contribution >= 4 is 17.2 Å². The van der Waals surface area contributed by atoms with Crippen LogP contribution in [-0.4, -0.2) is 38.3 Å². The van der Waals surface area contributed by atoms with Crippen LogP contribution in [0, 0.1) is 0 Å². The number of morpholine rings is 1. The Balaban J connectivity index is 1.56. The van der Waals surface area contributed by atoms with Crippen molar-refractivity contribution in [3.63, 3.8) is 0 Å². The van der Waals surface area contributed by atoms with Crippen molar-refractivity contribution in [1.29, 1.82) is 0 Å². The maximum absolute atomic E-state index is 12.1. The van der Waals surface area contributed by atoms with Gasteiger partial charge in [-0.3, -0.25) is 4.79 Å². The molecule has 0 saturated carbocycles. The van der Waals surface area contributed by atoms with Crippen molar-refractivity contribution in [3.8, 4) is 0 Å². The number of carbonyl (C=O) groups excluding carboxylic acids is 1. The first-order valence-corrected chi connectivity index (χ1v) is 7.85. The zero-order valence-electron chi connectivity index (χ0n) is 11.0. The summed E-state index contributed by atoms with van der Waals surface area (Å²) >= 11 is 1.67. The lowest BCUT2D eigenvalue weighted by atomic mass is 9.99. The maximum atomic E-state index is 12.1. The summed E-state index contributed by atoms with van der Waals surface area (Å²) in [4.78, 5) is 14.4. The SMILES string of the molecule is O=C(NCC1COCCN1)c1cc2c(s1)CCCC2. The molecule has 104 valence electrons. The number of ether oxygens (including phenoxy) is 1. The Kier molecular flexibility index (Phi) is 4.15. The Bertz CT molecular complexity index is 429. The number of rotatable bonds is 3. The van der Waals surface area contributed by atoms with Gasteiger partial charge in [-0.05, 0) is 37.3 Å². The van der Waals surface area contributed by atoms with Gasteiger partial charge in [-0.25, -0.2) is 0 Å². The van der Waals surface area contributed by atoms with Crippen molar-refractivity contribution < 1.29 is 9.53 Å². The van der Waals surface area contributed by atoms with Crippen LogP contribution >= 0.6 is 11.3 Å². The van der Waals surface area contributed by atoms with Crippen LogP contribution in [0.15, 0.2) is 6.07 Å². The van der Waals surface area contributed by atoms with Gasteiger partial charge in [0.1, 0.15) is 0 Å². The van der Waals surface area contributed by atoms with E-state index in [-0.39, 0.29) is 11.9 Å². The minimum Gasteiger partial charge on any atom is -0.378 e. The lowest BCUT2D eigenvalue weighted by Gasteiger charge is -2.23. The summed E-state index contributed by atoms with van der Waals surface area (Å²) in [7, 11) is 0. The molecule has 2 aliphatic rings. The largest absolute Gasteiger partial charge is 0.378 e.